The summed E-state index contributed by atoms with van der Waals surface area (Å²) in [6.45, 7) is 4.21. The minimum atomic E-state index is 0.258. The Morgan fingerprint density at radius 2 is 2.11 bits per heavy atom. The van der Waals surface area contributed by atoms with Gasteiger partial charge in [-0.3, -0.25) is 0 Å². The highest BCUT2D eigenvalue weighted by molar-refractivity contribution is 7.20. The molecule has 108 valence electrons. The predicted octanol–water partition coefficient (Wildman–Crippen LogP) is 4.58. The molecule has 1 aromatic rings. The molecule has 19 heavy (non-hydrogen) atoms. The van der Waals surface area contributed by atoms with Gasteiger partial charge in [-0.15, -0.1) is 11.3 Å². The molecule has 0 radical (unpaired) electrons. The van der Waals surface area contributed by atoms with Crippen LogP contribution in [-0.2, 0) is 0 Å². The third-order valence-corrected chi connectivity index (χ3v) is 5.53. The van der Waals surface area contributed by atoms with Crippen LogP contribution in [0.2, 0.25) is 8.67 Å². The predicted molar refractivity (Wildman–Crippen MR) is 85.6 cm³/mol. The molecule has 1 atom stereocenters. The highest BCUT2D eigenvalue weighted by atomic mass is 35.5. The van der Waals surface area contributed by atoms with Gasteiger partial charge >= 0.3 is 0 Å². The molecule has 0 saturated heterocycles. The van der Waals surface area contributed by atoms with Crippen molar-refractivity contribution < 1.29 is 0 Å². The summed E-state index contributed by atoms with van der Waals surface area (Å²) in [5, 5.41) is 3.53. The van der Waals surface area contributed by atoms with Crippen LogP contribution < -0.4 is 5.32 Å². The fourth-order valence-corrected chi connectivity index (χ4v) is 4.39. The Balaban J connectivity index is 1.74. The second-order valence-electron chi connectivity index (χ2n) is 5.37. The number of nitrogens with one attached hydrogen (secondary N) is 1. The number of rotatable bonds is 6. The monoisotopic (exact) mass is 320 g/mol. The van der Waals surface area contributed by atoms with Crippen LogP contribution in [0.3, 0.4) is 0 Å². The summed E-state index contributed by atoms with van der Waals surface area (Å²) in [6, 6.07) is 3.01. The molecule has 0 aliphatic heterocycles. The molecular formula is C14H22Cl2N2S. The molecular weight excluding hydrogens is 299 g/mol. The van der Waals surface area contributed by atoms with Crippen molar-refractivity contribution in [1.29, 1.82) is 0 Å². The summed E-state index contributed by atoms with van der Waals surface area (Å²) in [7, 11) is 2.23. The van der Waals surface area contributed by atoms with E-state index in [9.17, 15) is 0 Å². The number of halogens is 2. The zero-order chi connectivity index (χ0) is 13.8. The summed E-state index contributed by atoms with van der Waals surface area (Å²) < 4.78 is 1.56. The lowest BCUT2D eigenvalue weighted by Gasteiger charge is -2.25. The second-order valence-corrected chi connectivity index (χ2v) is 7.66. The Bertz CT molecular complexity index is 402. The maximum atomic E-state index is 6.17. The van der Waals surface area contributed by atoms with Crippen LogP contribution in [-0.4, -0.2) is 31.1 Å². The third-order valence-electron chi connectivity index (χ3n) is 4.01. The summed E-state index contributed by atoms with van der Waals surface area (Å²) in [5.74, 6) is 0. The van der Waals surface area contributed by atoms with Gasteiger partial charge in [0.15, 0.2) is 0 Å². The van der Waals surface area contributed by atoms with Crippen molar-refractivity contribution in [3.8, 4) is 0 Å². The van der Waals surface area contributed by atoms with Crippen molar-refractivity contribution in [1.82, 2.24) is 10.2 Å². The normalized spacial score (nSPS) is 18.4. The molecule has 0 bridgehead atoms. The van der Waals surface area contributed by atoms with Crippen molar-refractivity contribution in [2.75, 3.05) is 20.1 Å². The average Bonchev–Trinajstić information content (AvgIpc) is 2.98. The minimum Gasteiger partial charge on any atom is -0.309 e. The smallest absolute Gasteiger partial charge is 0.0991 e. The highest BCUT2D eigenvalue weighted by Gasteiger charge is 2.19. The first-order valence-electron chi connectivity index (χ1n) is 6.96. The Morgan fingerprint density at radius 1 is 1.42 bits per heavy atom. The first-order valence-corrected chi connectivity index (χ1v) is 8.53. The van der Waals surface area contributed by atoms with Gasteiger partial charge < -0.3 is 10.2 Å². The lowest BCUT2D eigenvalue weighted by molar-refractivity contribution is 0.243. The number of nitrogens with zero attached hydrogens (tertiary/aromatic N) is 1. The molecule has 2 nitrogen and oxygen atoms in total. The number of hydrogen-bond acceptors (Lipinski definition) is 3. The molecule has 0 spiro atoms. The summed E-state index contributed by atoms with van der Waals surface area (Å²) in [6.07, 6.45) is 5.50. The van der Waals surface area contributed by atoms with Gasteiger partial charge in [-0.05, 0) is 38.4 Å². The zero-order valence-corrected chi connectivity index (χ0v) is 13.9. The van der Waals surface area contributed by atoms with E-state index in [0.717, 1.165) is 33.4 Å². The molecule has 1 aliphatic rings. The molecule has 1 N–H and O–H groups in total. The van der Waals surface area contributed by atoms with Gasteiger partial charge in [-0.2, -0.15) is 0 Å². The molecule has 1 aromatic heterocycles. The van der Waals surface area contributed by atoms with Crippen molar-refractivity contribution in [3.05, 3.63) is 20.3 Å². The molecule has 1 unspecified atom stereocenters. The number of thiophene rings is 1. The minimum absolute atomic E-state index is 0.258. The SMILES string of the molecule is CC(NCCN(C)C1CCCC1)c1cc(Cl)sc1Cl. The maximum absolute atomic E-state index is 6.17. The quantitative estimate of drug-likeness (QED) is 0.825. The summed E-state index contributed by atoms with van der Waals surface area (Å²) >= 11 is 13.6. The Kier molecular flexibility index (Phi) is 5.97. The van der Waals surface area contributed by atoms with E-state index in [1.165, 1.54) is 37.0 Å². The zero-order valence-electron chi connectivity index (χ0n) is 11.6. The topological polar surface area (TPSA) is 15.3 Å². The van der Waals surface area contributed by atoms with Gasteiger partial charge in [0, 0.05) is 25.2 Å². The molecule has 2 rings (SSSR count). The van der Waals surface area contributed by atoms with Crippen LogP contribution in [0.15, 0.2) is 6.07 Å². The van der Waals surface area contributed by atoms with Crippen LogP contribution >= 0.6 is 34.5 Å². The second kappa shape index (κ2) is 7.28. The number of hydrogen-bond donors (Lipinski definition) is 1. The number of likely N-dealkylation sites (N-methyl/N-ethyl adjacent to an activating group) is 1. The largest absolute Gasteiger partial charge is 0.309 e. The van der Waals surface area contributed by atoms with E-state index < -0.39 is 0 Å². The first-order chi connectivity index (χ1) is 9.08. The third kappa shape index (κ3) is 4.33. The van der Waals surface area contributed by atoms with E-state index in [4.69, 9.17) is 23.2 Å². The van der Waals surface area contributed by atoms with Crippen molar-refractivity contribution >= 4 is 34.5 Å². The van der Waals surface area contributed by atoms with Crippen LogP contribution in [0, 0.1) is 0 Å². The van der Waals surface area contributed by atoms with E-state index in [-0.39, 0.29) is 6.04 Å². The van der Waals surface area contributed by atoms with Gasteiger partial charge in [-0.1, -0.05) is 36.0 Å². The molecule has 5 heteroatoms. The maximum Gasteiger partial charge on any atom is 0.0991 e. The Hall–Kier alpha value is 0.200. The molecule has 1 heterocycles. The van der Waals surface area contributed by atoms with Gasteiger partial charge in [-0.25, -0.2) is 0 Å². The average molecular weight is 321 g/mol. The van der Waals surface area contributed by atoms with Gasteiger partial charge in [0.05, 0.1) is 8.67 Å². The van der Waals surface area contributed by atoms with E-state index in [1.54, 1.807) is 0 Å². The lowest BCUT2D eigenvalue weighted by Crippen LogP contribution is -2.36. The van der Waals surface area contributed by atoms with Crippen LogP contribution in [0.25, 0.3) is 0 Å². The van der Waals surface area contributed by atoms with E-state index in [0.29, 0.717) is 0 Å². The fraction of sp³-hybridized carbons (Fsp3) is 0.714. The van der Waals surface area contributed by atoms with Gasteiger partial charge in [0.1, 0.15) is 0 Å². The van der Waals surface area contributed by atoms with E-state index in [1.807, 2.05) is 6.07 Å². The molecule has 1 fully saturated rings. The van der Waals surface area contributed by atoms with Crippen molar-refractivity contribution in [2.45, 2.75) is 44.7 Å². The Labute approximate surface area is 130 Å². The van der Waals surface area contributed by atoms with Crippen LogP contribution in [0.1, 0.15) is 44.2 Å². The Morgan fingerprint density at radius 3 is 2.68 bits per heavy atom. The molecule has 1 saturated carbocycles. The van der Waals surface area contributed by atoms with Crippen molar-refractivity contribution in [2.24, 2.45) is 0 Å². The van der Waals surface area contributed by atoms with Gasteiger partial charge in [0.25, 0.3) is 0 Å². The molecule has 0 amide bonds. The van der Waals surface area contributed by atoms with Crippen molar-refractivity contribution in [3.63, 3.8) is 0 Å². The van der Waals surface area contributed by atoms with Crippen LogP contribution in [0.4, 0.5) is 0 Å². The summed E-state index contributed by atoms with van der Waals surface area (Å²) in [4.78, 5) is 2.48. The first kappa shape index (κ1) is 15.6. The molecule has 0 aromatic carbocycles. The van der Waals surface area contributed by atoms with E-state index >= 15 is 0 Å². The lowest BCUT2D eigenvalue weighted by atomic mass is 10.2. The summed E-state index contributed by atoms with van der Waals surface area (Å²) in [5.41, 5.74) is 1.11. The van der Waals surface area contributed by atoms with E-state index in [2.05, 4.69) is 24.2 Å². The molecule has 1 aliphatic carbocycles. The fourth-order valence-electron chi connectivity index (χ4n) is 2.74. The van der Waals surface area contributed by atoms with Gasteiger partial charge in [0.2, 0.25) is 0 Å². The highest BCUT2D eigenvalue weighted by Crippen LogP contribution is 2.34. The standard InChI is InChI=1S/C14H22Cl2N2S/c1-10(12-9-13(15)19-14(12)16)17-7-8-18(2)11-5-3-4-6-11/h9-11,17H,3-8H2,1-2H3. The van der Waals surface area contributed by atoms with Crippen LogP contribution in [0.5, 0.6) is 0 Å².